The quantitative estimate of drug-likeness (QED) is 0.685. The van der Waals surface area contributed by atoms with Crippen LogP contribution in [0.4, 0.5) is 0 Å². The average Bonchev–Trinajstić information content (AvgIpc) is 3.06. The number of aromatic nitrogens is 1. The van der Waals surface area contributed by atoms with Crippen molar-refractivity contribution in [3.05, 3.63) is 50.1 Å². The fourth-order valence-corrected chi connectivity index (χ4v) is 4.39. The topological polar surface area (TPSA) is 24.9 Å². The molecule has 0 aliphatic heterocycles. The van der Waals surface area contributed by atoms with Crippen LogP contribution in [0.2, 0.25) is 0 Å². The van der Waals surface area contributed by atoms with Crippen LogP contribution in [0.1, 0.15) is 23.4 Å². The summed E-state index contributed by atoms with van der Waals surface area (Å²) in [5, 5.41) is 5.66. The number of hydrogen-bond donors (Lipinski definition) is 1. The number of hydrogen-bond acceptors (Lipinski definition) is 4. The molecule has 0 radical (unpaired) electrons. The predicted molar refractivity (Wildman–Crippen MR) is 91.8 cm³/mol. The Balaban J connectivity index is 1.59. The van der Waals surface area contributed by atoms with Gasteiger partial charge < -0.3 is 5.32 Å². The Kier molecular flexibility index (Phi) is 4.51. The molecule has 0 aromatic carbocycles. The van der Waals surface area contributed by atoms with E-state index in [0.29, 0.717) is 6.04 Å². The third kappa shape index (κ3) is 3.28. The molecule has 3 rings (SSSR count). The highest BCUT2D eigenvalue weighted by Crippen LogP contribution is 2.24. The van der Waals surface area contributed by atoms with E-state index in [9.17, 15) is 0 Å². The van der Waals surface area contributed by atoms with Gasteiger partial charge in [-0.25, -0.2) is 0 Å². The third-order valence-corrected chi connectivity index (χ3v) is 5.81. The number of halogens is 1. The van der Waals surface area contributed by atoms with Gasteiger partial charge in [-0.3, -0.25) is 4.98 Å². The monoisotopic (exact) mass is 366 g/mol. The van der Waals surface area contributed by atoms with Crippen molar-refractivity contribution in [3.63, 3.8) is 0 Å². The summed E-state index contributed by atoms with van der Waals surface area (Å²) in [6.45, 7) is 3.18. The first-order valence-corrected chi connectivity index (χ1v) is 9.02. The number of thiophene rings is 2. The van der Waals surface area contributed by atoms with E-state index in [1.807, 2.05) is 6.20 Å². The van der Waals surface area contributed by atoms with Crippen molar-refractivity contribution in [2.75, 3.05) is 6.54 Å². The van der Waals surface area contributed by atoms with Crippen LogP contribution in [0.15, 0.2) is 39.6 Å². The predicted octanol–water partition coefficient (Wildman–Crippen LogP) is 5.01. The molecule has 5 heteroatoms. The summed E-state index contributed by atoms with van der Waals surface area (Å²) in [5.41, 5.74) is 2.35. The second kappa shape index (κ2) is 6.35. The van der Waals surface area contributed by atoms with E-state index < -0.39 is 0 Å². The first-order valence-electron chi connectivity index (χ1n) is 6.53. The van der Waals surface area contributed by atoms with Crippen LogP contribution in [0.25, 0.3) is 10.2 Å². The molecule has 20 heavy (non-hydrogen) atoms. The number of rotatable bonds is 5. The van der Waals surface area contributed by atoms with E-state index in [1.165, 1.54) is 18.9 Å². The molecule has 0 saturated carbocycles. The summed E-state index contributed by atoms with van der Waals surface area (Å²) >= 11 is 7.05. The van der Waals surface area contributed by atoms with Gasteiger partial charge in [-0.1, -0.05) is 0 Å². The smallest absolute Gasteiger partial charge is 0.0809 e. The molecule has 3 aromatic rings. The minimum atomic E-state index is 0.331. The Morgan fingerprint density at radius 3 is 3.05 bits per heavy atom. The minimum Gasteiger partial charge on any atom is -0.310 e. The summed E-state index contributed by atoms with van der Waals surface area (Å²) in [7, 11) is 0. The molecule has 0 fully saturated rings. The van der Waals surface area contributed by atoms with E-state index in [0.717, 1.165) is 18.5 Å². The zero-order chi connectivity index (χ0) is 13.9. The molecule has 3 heterocycles. The van der Waals surface area contributed by atoms with Gasteiger partial charge in [0.1, 0.15) is 0 Å². The Bertz CT molecular complexity index is 705. The van der Waals surface area contributed by atoms with Crippen molar-refractivity contribution in [1.82, 2.24) is 10.3 Å². The van der Waals surface area contributed by atoms with Crippen LogP contribution >= 0.6 is 38.6 Å². The molecule has 0 amide bonds. The Hall–Kier alpha value is -0.750. The number of pyridine rings is 1. The van der Waals surface area contributed by atoms with Gasteiger partial charge in [0.25, 0.3) is 0 Å². The highest BCUT2D eigenvalue weighted by molar-refractivity contribution is 9.11. The lowest BCUT2D eigenvalue weighted by atomic mass is 10.1. The van der Waals surface area contributed by atoms with Gasteiger partial charge >= 0.3 is 0 Å². The van der Waals surface area contributed by atoms with Crippen LogP contribution in [0, 0.1) is 0 Å². The van der Waals surface area contributed by atoms with E-state index in [4.69, 9.17) is 0 Å². The molecule has 1 atom stereocenters. The van der Waals surface area contributed by atoms with Crippen molar-refractivity contribution in [2.24, 2.45) is 0 Å². The van der Waals surface area contributed by atoms with Crippen LogP contribution in [-0.4, -0.2) is 11.5 Å². The van der Waals surface area contributed by atoms with Gasteiger partial charge in [0, 0.05) is 23.7 Å². The lowest BCUT2D eigenvalue weighted by Crippen LogP contribution is -2.21. The second-order valence-corrected chi connectivity index (χ2v) is 8.20. The Morgan fingerprint density at radius 2 is 2.25 bits per heavy atom. The number of nitrogens with zero attached hydrogens (tertiary/aromatic N) is 1. The van der Waals surface area contributed by atoms with Crippen LogP contribution in [-0.2, 0) is 6.42 Å². The molecule has 0 saturated heterocycles. The van der Waals surface area contributed by atoms with Crippen LogP contribution in [0.3, 0.4) is 0 Å². The highest BCUT2D eigenvalue weighted by Gasteiger charge is 2.07. The van der Waals surface area contributed by atoms with Gasteiger partial charge in [0.15, 0.2) is 0 Å². The number of nitrogens with one attached hydrogen (secondary N) is 1. The van der Waals surface area contributed by atoms with E-state index in [2.05, 4.69) is 62.8 Å². The summed E-state index contributed by atoms with van der Waals surface area (Å²) in [6.07, 6.45) is 3.05. The third-order valence-electron chi connectivity index (χ3n) is 3.27. The molecule has 0 bridgehead atoms. The molecule has 2 nitrogen and oxygen atoms in total. The summed E-state index contributed by atoms with van der Waals surface area (Å²) in [6, 6.07) is 8.93. The molecular weight excluding hydrogens is 352 g/mol. The zero-order valence-electron chi connectivity index (χ0n) is 11.1. The van der Waals surface area contributed by atoms with Crippen molar-refractivity contribution in [1.29, 1.82) is 0 Å². The molecule has 104 valence electrons. The molecule has 1 N–H and O–H groups in total. The maximum Gasteiger partial charge on any atom is 0.0809 e. The zero-order valence-corrected chi connectivity index (χ0v) is 14.3. The van der Waals surface area contributed by atoms with Gasteiger partial charge in [-0.15, -0.1) is 22.7 Å². The first-order chi connectivity index (χ1) is 9.72. The fraction of sp³-hybridized carbons (Fsp3) is 0.267. The molecular formula is C15H15BrN2S2. The maximum absolute atomic E-state index is 4.50. The van der Waals surface area contributed by atoms with Crippen LogP contribution in [0.5, 0.6) is 0 Å². The second-order valence-electron chi connectivity index (χ2n) is 4.70. The Labute approximate surface area is 135 Å². The molecule has 3 aromatic heterocycles. The highest BCUT2D eigenvalue weighted by atomic mass is 79.9. The first kappa shape index (κ1) is 14.2. The van der Waals surface area contributed by atoms with Crippen molar-refractivity contribution in [3.8, 4) is 0 Å². The normalized spacial score (nSPS) is 12.9. The van der Waals surface area contributed by atoms with Gasteiger partial charge in [-0.05, 0) is 64.5 Å². The van der Waals surface area contributed by atoms with Gasteiger partial charge in [0.2, 0.25) is 0 Å². The lowest BCUT2D eigenvalue weighted by Gasteiger charge is -2.13. The lowest BCUT2D eigenvalue weighted by molar-refractivity contribution is 0.578. The minimum absolute atomic E-state index is 0.331. The summed E-state index contributed by atoms with van der Waals surface area (Å²) < 4.78 is 2.46. The van der Waals surface area contributed by atoms with E-state index >= 15 is 0 Å². The number of fused-ring (bicyclic) bond motifs is 1. The molecule has 0 aliphatic rings. The van der Waals surface area contributed by atoms with Crippen molar-refractivity contribution in [2.45, 2.75) is 19.4 Å². The van der Waals surface area contributed by atoms with Gasteiger partial charge in [-0.2, -0.15) is 0 Å². The standard InChI is InChI=1S/C15H15BrN2S2/c1-10(17-6-4-12-2-3-15(16)20-12)11-8-14-13(18-9-11)5-7-19-14/h2-3,5,7-10,17H,4,6H2,1H3. The summed E-state index contributed by atoms with van der Waals surface area (Å²) in [5.74, 6) is 0. The van der Waals surface area contributed by atoms with E-state index in [1.54, 1.807) is 22.7 Å². The van der Waals surface area contributed by atoms with E-state index in [-0.39, 0.29) is 0 Å². The largest absolute Gasteiger partial charge is 0.310 e. The van der Waals surface area contributed by atoms with Crippen molar-refractivity contribution >= 4 is 48.8 Å². The summed E-state index contributed by atoms with van der Waals surface area (Å²) in [4.78, 5) is 5.90. The average molecular weight is 367 g/mol. The SMILES string of the molecule is CC(NCCc1ccc(Br)s1)c1cnc2ccsc2c1. The molecule has 0 aliphatic carbocycles. The maximum atomic E-state index is 4.50. The van der Waals surface area contributed by atoms with Gasteiger partial charge in [0.05, 0.1) is 14.0 Å². The Morgan fingerprint density at radius 1 is 1.35 bits per heavy atom. The molecule has 0 spiro atoms. The molecule has 1 unspecified atom stereocenters. The fourth-order valence-electron chi connectivity index (χ4n) is 2.11. The van der Waals surface area contributed by atoms with Crippen LogP contribution < -0.4 is 5.32 Å². The van der Waals surface area contributed by atoms with Crippen molar-refractivity contribution < 1.29 is 0 Å².